The highest BCUT2D eigenvalue weighted by Crippen LogP contribution is 2.41. The normalized spacial score (nSPS) is 16.0. The molecule has 0 radical (unpaired) electrons. The summed E-state index contributed by atoms with van der Waals surface area (Å²) in [6, 6.07) is 4.20. The Hall–Kier alpha value is -2.04. The number of ether oxygens (including phenoxy) is 2. The lowest BCUT2D eigenvalue weighted by Crippen LogP contribution is -1.89. The number of hydrogen-bond donors (Lipinski definition) is 0. The highest BCUT2D eigenvalue weighted by molar-refractivity contribution is 7.13. The Kier molecular flexibility index (Phi) is 2.83. The van der Waals surface area contributed by atoms with Crippen molar-refractivity contribution in [1.29, 1.82) is 0 Å². The van der Waals surface area contributed by atoms with Crippen LogP contribution in [-0.4, -0.2) is 0 Å². The molecular formula is C16H10O2S2. The van der Waals surface area contributed by atoms with E-state index in [1.165, 1.54) is 20.9 Å². The number of allylic oxidation sites excluding steroid dienone is 2. The molecule has 4 rings (SSSR count). The molecule has 4 heterocycles. The Morgan fingerprint density at radius 3 is 1.70 bits per heavy atom. The minimum Gasteiger partial charge on any atom is -0.472 e. The zero-order valence-corrected chi connectivity index (χ0v) is 12.0. The minimum atomic E-state index is 1.06. The highest BCUT2D eigenvalue weighted by atomic mass is 32.1. The summed E-state index contributed by atoms with van der Waals surface area (Å²) in [5, 5.41) is 4.19. The van der Waals surface area contributed by atoms with E-state index in [0.717, 1.165) is 11.1 Å². The summed E-state index contributed by atoms with van der Waals surface area (Å²) < 4.78 is 11.0. The Labute approximate surface area is 124 Å². The topological polar surface area (TPSA) is 18.5 Å². The van der Waals surface area contributed by atoms with Crippen LogP contribution in [0.4, 0.5) is 0 Å². The minimum absolute atomic E-state index is 1.06. The number of fused-ring (bicyclic) bond motifs is 2. The Bertz CT molecular complexity index is 706. The molecule has 0 atom stereocenters. The van der Waals surface area contributed by atoms with Gasteiger partial charge in [-0.25, -0.2) is 0 Å². The zero-order chi connectivity index (χ0) is 13.4. The van der Waals surface area contributed by atoms with Crippen molar-refractivity contribution < 1.29 is 9.47 Å². The third kappa shape index (κ3) is 1.85. The Morgan fingerprint density at radius 2 is 1.20 bits per heavy atom. The predicted molar refractivity (Wildman–Crippen MR) is 84.8 cm³/mol. The monoisotopic (exact) mass is 298 g/mol. The van der Waals surface area contributed by atoms with Crippen LogP contribution < -0.4 is 0 Å². The quantitative estimate of drug-likeness (QED) is 0.721. The van der Waals surface area contributed by atoms with E-state index in [2.05, 4.69) is 22.9 Å². The molecule has 0 aromatic carbocycles. The molecule has 0 saturated carbocycles. The van der Waals surface area contributed by atoms with Crippen molar-refractivity contribution in [2.75, 3.05) is 0 Å². The van der Waals surface area contributed by atoms with E-state index in [0.29, 0.717) is 0 Å². The molecule has 0 aliphatic carbocycles. The average molecular weight is 298 g/mol. The molecule has 98 valence electrons. The number of hydrogen-bond acceptors (Lipinski definition) is 4. The first-order valence-electron chi connectivity index (χ1n) is 6.14. The summed E-state index contributed by atoms with van der Waals surface area (Å²) in [7, 11) is 0. The van der Waals surface area contributed by atoms with E-state index in [1.807, 2.05) is 12.2 Å². The van der Waals surface area contributed by atoms with Crippen LogP contribution in [0.15, 0.2) is 47.9 Å². The van der Waals surface area contributed by atoms with Gasteiger partial charge in [-0.1, -0.05) is 0 Å². The van der Waals surface area contributed by atoms with Gasteiger partial charge in [-0.2, -0.15) is 0 Å². The van der Waals surface area contributed by atoms with Gasteiger partial charge in [-0.05, 0) is 46.2 Å². The van der Waals surface area contributed by atoms with Crippen LogP contribution in [0.2, 0.25) is 0 Å². The standard InChI is InChI=1S/C16H10O2S2/c1-5-17-9-13(15-11(1)3-7-19-15)14-10-18-6-2-12-4-8-20-16(12)14/h1-10H. The molecule has 2 aromatic heterocycles. The van der Waals surface area contributed by atoms with Crippen LogP contribution in [0.5, 0.6) is 0 Å². The van der Waals surface area contributed by atoms with Crippen molar-refractivity contribution in [2.45, 2.75) is 0 Å². The molecule has 4 heteroatoms. The van der Waals surface area contributed by atoms with Gasteiger partial charge >= 0.3 is 0 Å². The lowest BCUT2D eigenvalue weighted by Gasteiger charge is -2.09. The molecule has 20 heavy (non-hydrogen) atoms. The van der Waals surface area contributed by atoms with Crippen LogP contribution in [0, 0.1) is 0 Å². The summed E-state index contributed by atoms with van der Waals surface area (Å²) in [5.41, 5.74) is 4.48. The largest absolute Gasteiger partial charge is 0.472 e. The highest BCUT2D eigenvalue weighted by Gasteiger charge is 2.20. The first-order chi connectivity index (χ1) is 9.93. The van der Waals surface area contributed by atoms with Gasteiger partial charge in [0.15, 0.2) is 0 Å². The van der Waals surface area contributed by atoms with Gasteiger partial charge in [0.25, 0.3) is 0 Å². The maximum atomic E-state index is 5.49. The van der Waals surface area contributed by atoms with Gasteiger partial charge in [-0.3, -0.25) is 0 Å². The Morgan fingerprint density at radius 1 is 0.700 bits per heavy atom. The van der Waals surface area contributed by atoms with Crippen molar-refractivity contribution in [2.24, 2.45) is 0 Å². The van der Waals surface area contributed by atoms with Gasteiger partial charge < -0.3 is 9.47 Å². The van der Waals surface area contributed by atoms with Crippen LogP contribution >= 0.6 is 22.7 Å². The van der Waals surface area contributed by atoms with E-state index in [4.69, 9.17) is 9.47 Å². The summed E-state index contributed by atoms with van der Waals surface area (Å²) >= 11 is 3.43. The molecule has 2 aromatic rings. The van der Waals surface area contributed by atoms with Crippen molar-refractivity contribution in [1.82, 2.24) is 0 Å². The molecule has 0 spiro atoms. The van der Waals surface area contributed by atoms with E-state index < -0.39 is 0 Å². The predicted octanol–water partition coefficient (Wildman–Crippen LogP) is 5.19. The fourth-order valence-corrected chi connectivity index (χ4v) is 4.07. The lowest BCUT2D eigenvalue weighted by atomic mass is 10.0. The van der Waals surface area contributed by atoms with Crippen molar-refractivity contribution >= 4 is 46.0 Å². The van der Waals surface area contributed by atoms with Gasteiger partial charge in [-0.15, -0.1) is 22.7 Å². The van der Waals surface area contributed by atoms with Crippen LogP contribution in [0.3, 0.4) is 0 Å². The van der Waals surface area contributed by atoms with Crippen LogP contribution in [0.1, 0.15) is 20.9 Å². The van der Waals surface area contributed by atoms with Crippen molar-refractivity contribution in [3.63, 3.8) is 0 Å². The summed E-state index contributed by atoms with van der Waals surface area (Å²) in [6.07, 6.45) is 11.0. The lowest BCUT2D eigenvalue weighted by molar-refractivity contribution is 0.406. The van der Waals surface area contributed by atoms with Crippen molar-refractivity contribution in [3.05, 3.63) is 68.8 Å². The second-order valence-corrected chi connectivity index (χ2v) is 6.18. The Balaban J connectivity index is 1.89. The first-order valence-corrected chi connectivity index (χ1v) is 7.90. The molecule has 0 saturated heterocycles. The van der Waals surface area contributed by atoms with Gasteiger partial charge in [0.1, 0.15) is 0 Å². The molecule has 2 aliphatic heterocycles. The molecule has 0 N–H and O–H groups in total. The average Bonchev–Trinajstić information content (AvgIpc) is 3.01. The summed E-state index contributed by atoms with van der Waals surface area (Å²) in [5.74, 6) is 0. The molecule has 0 fully saturated rings. The molecule has 2 nitrogen and oxygen atoms in total. The molecule has 0 amide bonds. The SMILES string of the molecule is C1=Cc2ccsc2C(C2=COC=Cc3ccsc32)=CO1. The maximum absolute atomic E-state index is 5.49. The smallest absolute Gasteiger partial charge is 0.0995 e. The van der Waals surface area contributed by atoms with Crippen LogP contribution in [0.25, 0.3) is 23.3 Å². The second-order valence-electron chi connectivity index (χ2n) is 4.35. The van der Waals surface area contributed by atoms with Gasteiger partial charge in [0.2, 0.25) is 0 Å². The van der Waals surface area contributed by atoms with E-state index >= 15 is 0 Å². The maximum Gasteiger partial charge on any atom is 0.0995 e. The van der Waals surface area contributed by atoms with Crippen LogP contribution in [-0.2, 0) is 9.47 Å². The second kappa shape index (κ2) is 4.81. The molecule has 0 unspecified atom stereocenters. The fraction of sp³-hybridized carbons (Fsp3) is 0. The fourth-order valence-electron chi connectivity index (χ4n) is 2.26. The van der Waals surface area contributed by atoms with E-state index in [-0.39, 0.29) is 0 Å². The molecule has 2 aliphatic rings. The third-order valence-electron chi connectivity index (χ3n) is 3.19. The van der Waals surface area contributed by atoms with Crippen molar-refractivity contribution in [3.8, 4) is 0 Å². The number of rotatable bonds is 1. The molecule has 0 bridgehead atoms. The van der Waals surface area contributed by atoms with Gasteiger partial charge in [0.05, 0.1) is 25.0 Å². The summed E-state index contributed by atoms with van der Waals surface area (Å²) in [4.78, 5) is 2.41. The van der Waals surface area contributed by atoms with E-state index in [1.54, 1.807) is 47.7 Å². The van der Waals surface area contributed by atoms with Gasteiger partial charge in [0, 0.05) is 20.9 Å². The zero-order valence-electron chi connectivity index (χ0n) is 10.4. The van der Waals surface area contributed by atoms with E-state index in [9.17, 15) is 0 Å². The summed E-state index contributed by atoms with van der Waals surface area (Å²) in [6.45, 7) is 0. The number of thiophene rings is 2. The molecular weight excluding hydrogens is 288 g/mol. The first kappa shape index (κ1) is 11.8. The third-order valence-corrected chi connectivity index (χ3v) is 5.12.